The molecule has 0 saturated heterocycles. The highest BCUT2D eigenvalue weighted by Crippen LogP contribution is 2.14. The maximum atomic E-state index is 11.1. The molecule has 0 atom stereocenters. The number of aromatic nitrogens is 1. The molecule has 1 heterocycles. The SMILES string of the molecule is O=C(O)c1ccn(Cc2ccccc2)c1C(=O)O. The molecule has 2 N–H and O–H groups in total. The molecule has 0 amide bonds. The van der Waals surface area contributed by atoms with Crippen LogP contribution < -0.4 is 0 Å². The average Bonchev–Trinajstić information content (AvgIpc) is 2.74. The van der Waals surface area contributed by atoms with Crippen molar-refractivity contribution >= 4 is 11.9 Å². The van der Waals surface area contributed by atoms with Crippen molar-refractivity contribution in [2.24, 2.45) is 0 Å². The van der Waals surface area contributed by atoms with Crippen LogP contribution in [0, 0.1) is 0 Å². The Morgan fingerprint density at radius 1 is 1.00 bits per heavy atom. The van der Waals surface area contributed by atoms with E-state index in [-0.39, 0.29) is 11.3 Å². The number of carbonyl (C=O) groups is 2. The van der Waals surface area contributed by atoms with E-state index in [1.165, 1.54) is 16.8 Å². The molecule has 2 rings (SSSR count). The third kappa shape index (κ3) is 2.24. The molecule has 5 heteroatoms. The van der Waals surface area contributed by atoms with Crippen LogP contribution in [0.4, 0.5) is 0 Å². The van der Waals surface area contributed by atoms with Gasteiger partial charge in [0.1, 0.15) is 5.69 Å². The number of rotatable bonds is 4. The highest BCUT2D eigenvalue weighted by Gasteiger charge is 2.20. The minimum absolute atomic E-state index is 0.196. The average molecular weight is 245 g/mol. The van der Waals surface area contributed by atoms with Crippen LogP contribution in [0.25, 0.3) is 0 Å². The summed E-state index contributed by atoms with van der Waals surface area (Å²) in [6.45, 7) is 0.329. The van der Waals surface area contributed by atoms with E-state index < -0.39 is 11.9 Å². The second-order valence-electron chi connectivity index (χ2n) is 3.80. The van der Waals surface area contributed by atoms with E-state index in [9.17, 15) is 9.59 Å². The molecule has 0 unspecified atom stereocenters. The van der Waals surface area contributed by atoms with E-state index >= 15 is 0 Å². The summed E-state index contributed by atoms with van der Waals surface area (Å²) in [5.41, 5.74) is 0.511. The number of carboxylic acids is 2. The Bertz CT molecular complexity index is 586. The number of nitrogens with zero attached hydrogens (tertiary/aromatic N) is 1. The van der Waals surface area contributed by atoms with Gasteiger partial charge in [-0.05, 0) is 11.6 Å². The number of hydrogen-bond donors (Lipinski definition) is 2. The molecule has 18 heavy (non-hydrogen) atoms. The highest BCUT2D eigenvalue weighted by molar-refractivity contribution is 6.00. The summed E-state index contributed by atoms with van der Waals surface area (Å²) in [6, 6.07) is 10.6. The van der Waals surface area contributed by atoms with Gasteiger partial charge in [-0.15, -0.1) is 0 Å². The van der Waals surface area contributed by atoms with Gasteiger partial charge in [-0.25, -0.2) is 9.59 Å². The van der Waals surface area contributed by atoms with Crippen LogP contribution >= 0.6 is 0 Å². The molecule has 0 bridgehead atoms. The number of hydrogen-bond acceptors (Lipinski definition) is 2. The molecular weight excluding hydrogens is 234 g/mol. The Balaban J connectivity index is 2.40. The van der Waals surface area contributed by atoms with Gasteiger partial charge in [0.25, 0.3) is 0 Å². The van der Waals surface area contributed by atoms with Crippen molar-refractivity contribution in [2.45, 2.75) is 6.54 Å². The predicted molar refractivity (Wildman–Crippen MR) is 63.9 cm³/mol. The molecule has 0 radical (unpaired) electrons. The van der Waals surface area contributed by atoms with E-state index in [0.29, 0.717) is 6.54 Å². The zero-order valence-electron chi connectivity index (χ0n) is 9.41. The van der Waals surface area contributed by atoms with Gasteiger partial charge >= 0.3 is 11.9 Å². The summed E-state index contributed by atoms with van der Waals surface area (Å²) in [5.74, 6) is -2.48. The molecule has 2 aromatic rings. The van der Waals surface area contributed by atoms with Crippen LogP contribution in [-0.4, -0.2) is 26.7 Å². The lowest BCUT2D eigenvalue weighted by molar-refractivity contribution is 0.0644. The first kappa shape index (κ1) is 11.9. The third-order valence-electron chi connectivity index (χ3n) is 2.59. The minimum atomic E-state index is -1.24. The summed E-state index contributed by atoms with van der Waals surface area (Å²) < 4.78 is 1.42. The van der Waals surface area contributed by atoms with Crippen molar-refractivity contribution in [1.82, 2.24) is 4.57 Å². The van der Waals surface area contributed by atoms with Crippen LogP contribution in [0.5, 0.6) is 0 Å². The summed E-state index contributed by atoms with van der Waals surface area (Å²) in [4.78, 5) is 22.0. The number of carboxylic acid groups (broad SMARTS) is 2. The van der Waals surface area contributed by atoms with Crippen molar-refractivity contribution in [3.05, 3.63) is 59.4 Å². The first-order valence-corrected chi connectivity index (χ1v) is 5.29. The Morgan fingerprint density at radius 3 is 2.22 bits per heavy atom. The molecule has 0 spiro atoms. The van der Waals surface area contributed by atoms with Gasteiger partial charge < -0.3 is 14.8 Å². The molecular formula is C13H11NO4. The van der Waals surface area contributed by atoms with E-state index in [0.717, 1.165) is 5.56 Å². The largest absolute Gasteiger partial charge is 0.478 e. The van der Waals surface area contributed by atoms with E-state index in [2.05, 4.69) is 0 Å². The van der Waals surface area contributed by atoms with E-state index in [4.69, 9.17) is 10.2 Å². The quantitative estimate of drug-likeness (QED) is 0.862. The lowest BCUT2D eigenvalue weighted by Gasteiger charge is -2.06. The van der Waals surface area contributed by atoms with Gasteiger partial charge in [0.2, 0.25) is 0 Å². The Kier molecular flexibility index (Phi) is 3.14. The normalized spacial score (nSPS) is 10.2. The first-order valence-electron chi connectivity index (χ1n) is 5.29. The zero-order chi connectivity index (χ0) is 13.1. The van der Waals surface area contributed by atoms with Gasteiger partial charge in [0.05, 0.1) is 5.56 Å². The van der Waals surface area contributed by atoms with E-state index in [1.54, 1.807) is 0 Å². The third-order valence-corrected chi connectivity index (χ3v) is 2.59. The lowest BCUT2D eigenvalue weighted by atomic mass is 10.2. The summed E-state index contributed by atoms with van der Waals surface area (Å²) in [7, 11) is 0. The Morgan fingerprint density at radius 2 is 1.67 bits per heavy atom. The second kappa shape index (κ2) is 4.75. The molecule has 0 aliphatic carbocycles. The molecule has 1 aromatic heterocycles. The fourth-order valence-electron chi connectivity index (χ4n) is 1.80. The van der Waals surface area contributed by atoms with Gasteiger partial charge in [0.15, 0.2) is 0 Å². The molecule has 0 aliphatic heterocycles. The lowest BCUT2D eigenvalue weighted by Crippen LogP contribution is -2.13. The monoisotopic (exact) mass is 245 g/mol. The van der Waals surface area contributed by atoms with Crippen molar-refractivity contribution in [1.29, 1.82) is 0 Å². The molecule has 0 aliphatic rings. The van der Waals surface area contributed by atoms with Crippen LogP contribution in [0.15, 0.2) is 42.6 Å². The summed E-state index contributed by atoms with van der Waals surface area (Å²) in [6.07, 6.45) is 1.47. The topological polar surface area (TPSA) is 79.5 Å². The van der Waals surface area contributed by atoms with Gasteiger partial charge in [-0.3, -0.25) is 0 Å². The minimum Gasteiger partial charge on any atom is -0.478 e. The smallest absolute Gasteiger partial charge is 0.353 e. The fraction of sp³-hybridized carbons (Fsp3) is 0.0769. The maximum absolute atomic E-state index is 11.1. The number of benzene rings is 1. The van der Waals surface area contributed by atoms with Crippen LogP contribution in [0.3, 0.4) is 0 Å². The Hall–Kier alpha value is -2.56. The summed E-state index contributed by atoms with van der Waals surface area (Å²) in [5, 5.41) is 18.0. The molecule has 1 aromatic carbocycles. The van der Waals surface area contributed by atoms with E-state index in [1.807, 2.05) is 30.3 Å². The molecule has 0 fully saturated rings. The standard InChI is InChI=1S/C13H11NO4/c15-12(16)10-6-7-14(11(10)13(17)18)8-9-4-2-1-3-5-9/h1-7H,8H2,(H,15,16)(H,17,18). The molecule has 0 saturated carbocycles. The molecule has 92 valence electrons. The first-order chi connectivity index (χ1) is 8.59. The van der Waals surface area contributed by atoms with Gasteiger partial charge in [-0.2, -0.15) is 0 Å². The van der Waals surface area contributed by atoms with Crippen LogP contribution in [-0.2, 0) is 6.54 Å². The highest BCUT2D eigenvalue weighted by atomic mass is 16.4. The van der Waals surface area contributed by atoms with Crippen LogP contribution in [0.1, 0.15) is 26.4 Å². The second-order valence-corrected chi connectivity index (χ2v) is 3.80. The Labute approximate surface area is 103 Å². The number of aromatic carboxylic acids is 2. The van der Waals surface area contributed by atoms with Gasteiger partial charge in [0, 0.05) is 12.7 Å². The summed E-state index contributed by atoms with van der Waals surface area (Å²) >= 11 is 0. The zero-order valence-corrected chi connectivity index (χ0v) is 9.41. The predicted octanol–water partition coefficient (Wildman–Crippen LogP) is 1.93. The molecule has 5 nitrogen and oxygen atoms in total. The maximum Gasteiger partial charge on any atom is 0.353 e. The van der Waals surface area contributed by atoms with Crippen molar-refractivity contribution in [3.63, 3.8) is 0 Å². The van der Waals surface area contributed by atoms with Crippen molar-refractivity contribution < 1.29 is 19.8 Å². The fourth-order valence-corrected chi connectivity index (χ4v) is 1.80. The van der Waals surface area contributed by atoms with Gasteiger partial charge in [-0.1, -0.05) is 30.3 Å². The van der Waals surface area contributed by atoms with Crippen LogP contribution in [0.2, 0.25) is 0 Å². The van der Waals surface area contributed by atoms with Crippen molar-refractivity contribution in [2.75, 3.05) is 0 Å². The van der Waals surface area contributed by atoms with Crippen molar-refractivity contribution in [3.8, 4) is 0 Å².